The van der Waals surface area contributed by atoms with Crippen LogP contribution in [0.2, 0.25) is 5.02 Å². The van der Waals surface area contributed by atoms with Crippen LogP contribution >= 0.6 is 11.6 Å². The van der Waals surface area contributed by atoms with Gasteiger partial charge in [-0.25, -0.2) is 0 Å². The maximum Gasteiger partial charge on any atom is 0.253 e. The largest absolute Gasteiger partial charge is 0.492 e. The van der Waals surface area contributed by atoms with Crippen molar-refractivity contribution in [2.45, 2.75) is 52.4 Å². The van der Waals surface area contributed by atoms with E-state index in [0.717, 1.165) is 69.9 Å². The molecular formula is C29H39ClN2O2. The van der Waals surface area contributed by atoms with E-state index in [1.165, 1.54) is 24.8 Å². The van der Waals surface area contributed by atoms with Gasteiger partial charge in [-0.3, -0.25) is 9.69 Å². The Hall–Kier alpha value is -2.04. The first-order chi connectivity index (χ1) is 16.4. The van der Waals surface area contributed by atoms with Gasteiger partial charge < -0.3 is 9.64 Å². The van der Waals surface area contributed by atoms with E-state index in [2.05, 4.69) is 43.0 Å². The van der Waals surface area contributed by atoms with Gasteiger partial charge in [0.1, 0.15) is 12.4 Å². The Labute approximate surface area is 210 Å². The summed E-state index contributed by atoms with van der Waals surface area (Å²) in [5, 5.41) is 0.666. The van der Waals surface area contributed by atoms with Crippen LogP contribution in [0.5, 0.6) is 5.75 Å². The predicted molar refractivity (Wildman–Crippen MR) is 140 cm³/mol. The van der Waals surface area contributed by atoms with E-state index in [4.69, 9.17) is 16.3 Å². The molecule has 5 heteroatoms. The summed E-state index contributed by atoms with van der Waals surface area (Å²) in [6.45, 7) is 10.1. The van der Waals surface area contributed by atoms with Gasteiger partial charge in [0, 0.05) is 43.3 Å². The van der Waals surface area contributed by atoms with Crippen molar-refractivity contribution in [3.8, 4) is 5.75 Å². The Morgan fingerprint density at radius 2 is 1.74 bits per heavy atom. The Balaban J connectivity index is 1.46. The summed E-state index contributed by atoms with van der Waals surface area (Å²) >= 11 is 6.01. The Bertz CT molecular complexity index is 935. The van der Waals surface area contributed by atoms with Crippen LogP contribution in [0.1, 0.15) is 61.9 Å². The van der Waals surface area contributed by atoms with Crippen LogP contribution < -0.4 is 4.74 Å². The van der Waals surface area contributed by atoms with E-state index < -0.39 is 0 Å². The third-order valence-electron chi connectivity index (χ3n) is 7.43. The molecule has 2 heterocycles. The molecule has 0 saturated carbocycles. The highest BCUT2D eigenvalue weighted by Crippen LogP contribution is 2.39. The number of nitrogens with zero attached hydrogens (tertiary/aromatic N) is 2. The number of ether oxygens (including phenoxy) is 1. The van der Waals surface area contributed by atoms with Crippen LogP contribution in [0, 0.1) is 11.3 Å². The lowest BCUT2D eigenvalue weighted by atomic mass is 9.73. The molecule has 1 amide bonds. The molecule has 1 spiro atoms. The highest BCUT2D eigenvalue weighted by Gasteiger charge is 2.37. The van der Waals surface area contributed by atoms with Crippen molar-refractivity contribution < 1.29 is 9.53 Å². The summed E-state index contributed by atoms with van der Waals surface area (Å²) in [5.41, 5.74) is 2.33. The number of piperidine rings is 1. The van der Waals surface area contributed by atoms with Crippen molar-refractivity contribution in [3.63, 3.8) is 0 Å². The minimum Gasteiger partial charge on any atom is -0.492 e. The van der Waals surface area contributed by atoms with E-state index in [9.17, 15) is 4.79 Å². The van der Waals surface area contributed by atoms with Crippen molar-refractivity contribution in [1.29, 1.82) is 0 Å². The number of hydrogen-bond donors (Lipinski definition) is 0. The molecule has 1 fully saturated rings. The molecule has 4 rings (SSSR count). The number of carbonyl (C=O) groups excluding carboxylic acids is 1. The smallest absolute Gasteiger partial charge is 0.253 e. The first kappa shape index (κ1) is 25.1. The topological polar surface area (TPSA) is 32.8 Å². The molecule has 184 valence electrons. The number of rotatable bonds is 3. The number of amides is 1. The molecule has 2 aliphatic rings. The van der Waals surface area contributed by atoms with Crippen LogP contribution in [0.4, 0.5) is 0 Å². The minimum atomic E-state index is 0.128. The summed E-state index contributed by atoms with van der Waals surface area (Å²) in [5.74, 6) is 1.80. The van der Waals surface area contributed by atoms with Crippen LogP contribution in [-0.2, 0) is 6.42 Å². The van der Waals surface area contributed by atoms with Crippen molar-refractivity contribution in [2.75, 3.05) is 39.3 Å². The third-order valence-corrected chi connectivity index (χ3v) is 7.68. The molecule has 34 heavy (non-hydrogen) atoms. The summed E-state index contributed by atoms with van der Waals surface area (Å²) < 4.78 is 6.25. The third kappa shape index (κ3) is 6.55. The zero-order valence-corrected chi connectivity index (χ0v) is 21.5. The zero-order chi connectivity index (χ0) is 24.0. The maximum absolute atomic E-state index is 13.1. The fraction of sp³-hybridized carbons (Fsp3) is 0.552. The number of benzene rings is 2. The first-order valence-corrected chi connectivity index (χ1v) is 13.3. The molecule has 0 aliphatic carbocycles. The number of fused-ring (bicyclic) bond motifs is 1. The van der Waals surface area contributed by atoms with Crippen LogP contribution in [-0.4, -0.2) is 55.0 Å². The Kier molecular flexibility index (Phi) is 8.55. The van der Waals surface area contributed by atoms with E-state index in [1.807, 2.05) is 17.0 Å². The molecule has 0 radical (unpaired) electrons. The summed E-state index contributed by atoms with van der Waals surface area (Å²) in [4.78, 5) is 17.7. The minimum absolute atomic E-state index is 0.128. The van der Waals surface area contributed by atoms with Gasteiger partial charge >= 0.3 is 0 Å². The number of aryl methyl sites for hydroxylation is 1. The van der Waals surface area contributed by atoms with Gasteiger partial charge in [0.2, 0.25) is 0 Å². The molecule has 0 aromatic heterocycles. The lowest BCUT2D eigenvalue weighted by molar-refractivity contribution is 0.0355. The van der Waals surface area contributed by atoms with E-state index in [0.29, 0.717) is 10.9 Å². The number of halogens is 1. The van der Waals surface area contributed by atoms with E-state index >= 15 is 0 Å². The van der Waals surface area contributed by atoms with Crippen LogP contribution in [0.15, 0.2) is 48.5 Å². The Morgan fingerprint density at radius 1 is 1.00 bits per heavy atom. The highest BCUT2D eigenvalue weighted by atomic mass is 35.5. The maximum atomic E-state index is 13.1. The number of likely N-dealkylation sites (tertiary alicyclic amines) is 1. The lowest BCUT2D eigenvalue weighted by Gasteiger charge is -2.45. The normalized spacial score (nSPS) is 19.7. The quantitative estimate of drug-likeness (QED) is 0.512. The molecule has 0 N–H and O–H groups in total. The second kappa shape index (κ2) is 11.6. The van der Waals surface area contributed by atoms with Crippen molar-refractivity contribution >= 4 is 17.5 Å². The first-order valence-electron chi connectivity index (χ1n) is 12.9. The highest BCUT2D eigenvalue weighted by molar-refractivity contribution is 6.30. The van der Waals surface area contributed by atoms with Gasteiger partial charge in [-0.15, -0.1) is 0 Å². The van der Waals surface area contributed by atoms with Crippen molar-refractivity contribution in [2.24, 2.45) is 11.3 Å². The van der Waals surface area contributed by atoms with Gasteiger partial charge in [0.05, 0.1) is 0 Å². The molecule has 2 aliphatic heterocycles. The van der Waals surface area contributed by atoms with Crippen LogP contribution in [0.3, 0.4) is 0 Å². The van der Waals surface area contributed by atoms with E-state index in [1.54, 1.807) is 12.1 Å². The number of hydrogen-bond acceptors (Lipinski definition) is 3. The molecule has 0 unspecified atom stereocenters. The van der Waals surface area contributed by atoms with Gasteiger partial charge in [0.25, 0.3) is 5.91 Å². The molecule has 4 nitrogen and oxygen atoms in total. The van der Waals surface area contributed by atoms with E-state index in [-0.39, 0.29) is 11.3 Å². The summed E-state index contributed by atoms with van der Waals surface area (Å²) in [6, 6.07) is 15.8. The second-order valence-electron chi connectivity index (χ2n) is 10.6. The molecular weight excluding hydrogens is 444 g/mol. The number of carbonyl (C=O) groups is 1. The van der Waals surface area contributed by atoms with Crippen LogP contribution in [0.25, 0.3) is 0 Å². The second-order valence-corrected chi connectivity index (χ2v) is 11.0. The summed E-state index contributed by atoms with van der Waals surface area (Å²) in [6.07, 6.45) is 6.84. The van der Waals surface area contributed by atoms with Gasteiger partial charge in [-0.05, 0) is 79.3 Å². The Morgan fingerprint density at radius 3 is 2.47 bits per heavy atom. The van der Waals surface area contributed by atoms with Gasteiger partial charge in [-0.1, -0.05) is 50.1 Å². The standard InChI is InChI=1S/C29H39ClN2O2/c1-23(2)21-31-19-20-34-27-9-4-3-7-24(27)8-5-6-14-29(22-31)15-17-32(18-16-29)28(33)25-10-12-26(30)13-11-25/h3-4,7,9-13,23H,5-6,8,14-22H2,1-2H3. The molecule has 2 aromatic rings. The van der Waals surface area contributed by atoms with Crippen molar-refractivity contribution in [1.82, 2.24) is 9.80 Å². The summed E-state index contributed by atoms with van der Waals surface area (Å²) in [7, 11) is 0. The van der Waals surface area contributed by atoms with Crippen molar-refractivity contribution in [3.05, 3.63) is 64.7 Å². The number of para-hydroxylation sites is 1. The fourth-order valence-corrected chi connectivity index (χ4v) is 5.75. The lowest BCUT2D eigenvalue weighted by Crippen LogP contribution is -2.49. The van der Waals surface area contributed by atoms with Gasteiger partial charge in [-0.2, -0.15) is 0 Å². The molecule has 1 saturated heterocycles. The zero-order valence-electron chi connectivity index (χ0n) is 20.8. The molecule has 0 atom stereocenters. The molecule has 0 bridgehead atoms. The van der Waals surface area contributed by atoms with Gasteiger partial charge in [0.15, 0.2) is 0 Å². The fourth-order valence-electron chi connectivity index (χ4n) is 5.62. The average Bonchev–Trinajstić information content (AvgIpc) is 2.82. The average molecular weight is 483 g/mol. The SMILES string of the molecule is CC(C)CN1CCOc2ccccc2CCCCC2(CCN(C(=O)c3ccc(Cl)cc3)CC2)C1. The molecule has 2 aromatic carbocycles. The monoisotopic (exact) mass is 482 g/mol. The predicted octanol–water partition coefficient (Wildman–Crippen LogP) is 6.33.